The van der Waals surface area contributed by atoms with Crippen LogP contribution in [0.15, 0.2) is 12.2 Å². The van der Waals surface area contributed by atoms with E-state index in [0.29, 0.717) is 145 Å². The third-order valence-electron chi connectivity index (χ3n) is 5.51. The molecule has 15 nitrogen and oxygen atoms in total. The Hall–Kier alpha value is -1.60. The Bertz CT molecular complexity index is 666. The first-order chi connectivity index (χ1) is 21.8. The predicted octanol–water partition coefficient (Wildman–Crippen LogP) is -0.260. The lowest BCUT2D eigenvalue weighted by molar-refractivity contribution is -0.137. The first-order valence-corrected chi connectivity index (χ1v) is 15.1. The molecule has 0 aliphatic carbocycles. The Kier molecular flexibility index (Phi) is 30.1. The molecule has 0 bridgehead atoms. The highest BCUT2D eigenvalue weighted by Crippen LogP contribution is 2.02. The van der Waals surface area contributed by atoms with Gasteiger partial charge in [-0.15, -0.1) is 0 Å². The summed E-state index contributed by atoms with van der Waals surface area (Å²) in [5, 5.41) is 0. The SMILES string of the molecule is COCCOCCOCCOCCOCCOCCOCCOCCOCCOCCOCCOCCN1C(=O)C=CC1=O. The number of imide groups is 1. The van der Waals surface area contributed by atoms with Gasteiger partial charge in [0, 0.05) is 19.3 Å². The van der Waals surface area contributed by atoms with E-state index in [1.54, 1.807) is 7.11 Å². The average molecular weight is 640 g/mol. The topological polar surface area (TPSA) is 148 Å². The third kappa shape index (κ3) is 26.8. The summed E-state index contributed by atoms with van der Waals surface area (Å²) in [6.45, 7) is 11.4. The van der Waals surface area contributed by atoms with Gasteiger partial charge in [-0.25, -0.2) is 0 Å². The van der Waals surface area contributed by atoms with E-state index in [1.165, 1.54) is 12.2 Å². The second-order valence-electron chi connectivity index (χ2n) is 8.89. The molecular formula is C29H53NO14. The van der Waals surface area contributed by atoms with E-state index in [2.05, 4.69) is 0 Å². The first-order valence-electron chi connectivity index (χ1n) is 15.1. The lowest BCUT2D eigenvalue weighted by Gasteiger charge is -2.13. The van der Waals surface area contributed by atoms with Crippen LogP contribution in [0.2, 0.25) is 0 Å². The fourth-order valence-corrected chi connectivity index (χ4v) is 3.25. The van der Waals surface area contributed by atoms with Crippen LogP contribution in [-0.4, -0.2) is 182 Å². The van der Waals surface area contributed by atoms with E-state index in [9.17, 15) is 9.59 Å². The van der Waals surface area contributed by atoms with Crippen LogP contribution in [0.25, 0.3) is 0 Å². The lowest BCUT2D eigenvalue weighted by atomic mass is 10.5. The third-order valence-corrected chi connectivity index (χ3v) is 5.51. The summed E-state index contributed by atoms with van der Waals surface area (Å²) in [6, 6.07) is 0. The van der Waals surface area contributed by atoms with Crippen LogP contribution in [0, 0.1) is 0 Å². The molecule has 0 radical (unpaired) electrons. The summed E-state index contributed by atoms with van der Waals surface area (Å²) in [5.41, 5.74) is 0. The van der Waals surface area contributed by atoms with E-state index >= 15 is 0 Å². The number of ether oxygens (including phenoxy) is 12. The Morgan fingerprint density at radius 1 is 0.364 bits per heavy atom. The van der Waals surface area contributed by atoms with Gasteiger partial charge in [0.15, 0.2) is 0 Å². The van der Waals surface area contributed by atoms with Crippen molar-refractivity contribution in [3.05, 3.63) is 12.2 Å². The molecule has 44 heavy (non-hydrogen) atoms. The molecule has 1 heterocycles. The van der Waals surface area contributed by atoms with Crippen molar-refractivity contribution in [2.75, 3.05) is 166 Å². The van der Waals surface area contributed by atoms with Gasteiger partial charge in [-0.3, -0.25) is 14.5 Å². The maximum absolute atomic E-state index is 11.4. The van der Waals surface area contributed by atoms with Crippen molar-refractivity contribution in [1.29, 1.82) is 0 Å². The Labute approximate surface area is 261 Å². The summed E-state index contributed by atoms with van der Waals surface area (Å²) in [6.07, 6.45) is 2.51. The predicted molar refractivity (Wildman–Crippen MR) is 157 cm³/mol. The van der Waals surface area contributed by atoms with E-state index in [1.807, 2.05) is 0 Å². The first kappa shape index (κ1) is 40.4. The molecule has 0 aromatic rings. The average Bonchev–Trinajstić information content (AvgIpc) is 3.35. The van der Waals surface area contributed by atoms with Gasteiger partial charge in [0.2, 0.25) is 0 Å². The van der Waals surface area contributed by atoms with Gasteiger partial charge in [-0.2, -0.15) is 0 Å². The molecular weight excluding hydrogens is 586 g/mol. The molecule has 0 unspecified atom stereocenters. The zero-order chi connectivity index (χ0) is 31.6. The molecule has 0 N–H and O–H groups in total. The summed E-state index contributed by atoms with van der Waals surface area (Å²) in [4.78, 5) is 23.9. The number of rotatable bonds is 36. The fourth-order valence-electron chi connectivity index (χ4n) is 3.25. The summed E-state index contributed by atoms with van der Waals surface area (Å²) >= 11 is 0. The van der Waals surface area contributed by atoms with Crippen molar-refractivity contribution in [3.63, 3.8) is 0 Å². The highest BCUT2D eigenvalue weighted by molar-refractivity contribution is 6.12. The lowest BCUT2D eigenvalue weighted by Crippen LogP contribution is -2.33. The minimum absolute atomic E-state index is 0.240. The van der Waals surface area contributed by atoms with Gasteiger partial charge in [0.1, 0.15) is 0 Å². The van der Waals surface area contributed by atoms with E-state index < -0.39 is 0 Å². The van der Waals surface area contributed by atoms with Gasteiger partial charge in [0.05, 0.1) is 159 Å². The maximum Gasteiger partial charge on any atom is 0.253 e. The normalized spacial score (nSPS) is 13.2. The molecule has 1 aliphatic heterocycles. The van der Waals surface area contributed by atoms with Crippen molar-refractivity contribution in [2.45, 2.75) is 0 Å². The molecule has 1 rings (SSSR count). The highest BCUT2D eigenvalue weighted by Gasteiger charge is 2.22. The molecule has 0 aromatic carbocycles. The Morgan fingerprint density at radius 2 is 0.568 bits per heavy atom. The van der Waals surface area contributed by atoms with Crippen LogP contribution < -0.4 is 0 Å². The molecule has 1 aliphatic rings. The van der Waals surface area contributed by atoms with Crippen LogP contribution >= 0.6 is 0 Å². The van der Waals surface area contributed by atoms with E-state index in [4.69, 9.17) is 56.8 Å². The van der Waals surface area contributed by atoms with Crippen molar-refractivity contribution >= 4 is 11.8 Å². The monoisotopic (exact) mass is 639 g/mol. The summed E-state index contributed by atoms with van der Waals surface area (Å²) in [7, 11) is 1.64. The zero-order valence-corrected chi connectivity index (χ0v) is 26.3. The van der Waals surface area contributed by atoms with Crippen molar-refractivity contribution in [3.8, 4) is 0 Å². The molecule has 15 heteroatoms. The molecule has 0 saturated heterocycles. The molecule has 0 saturated carbocycles. The number of carbonyl (C=O) groups is 2. The van der Waals surface area contributed by atoms with Gasteiger partial charge >= 0.3 is 0 Å². The second-order valence-corrected chi connectivity index (χ2v) is 8.89. The van der Waals surface area contributed by atoms with Crippen LogP contribution in [0.1, 0.15) is 0 Å². The number of methoxy groups -OCH3 is 1. The van der Waals surface area contributed by atoms with Gasteiger partial charge in [-0.1, -0.05) is 0 Å². The molecule has 0 fully saturated rings. The highest BCUT2D eigenvalue weighted by atomic mass is 16.6. The number of hydrogen-bond acceptors (Lipinski definition) is 14. The standard InChI is InChI=1S/C29H53NO14/c1-33-6-7-35-10-11-37-14-15-39-18-19-41-22-23-43-26-27-44-25-24-42-21-20-40-17-16-38-13-12-36-9-8-34-5-4-30-28(31)2-3-29(30)32/h2-3H,4-27H2,1H3. The molecule has 0 spiro atoms. The number of hydrogen-bond donors (Lipinski definition) is 0. The van der Waals surface area contributed by atoms with Gasteiger partial charge in [0.25, 0.3) is 11.8 Å². The Morgan fingerprint density at radius 3 is 0.795 bits per heavy atom. The van der Waals surface area contributed by atoms with Gasteiger partial charge < -0.3 is 56.8 Å². The number of amides is 2. The van der Waals surface area contributed by atoms with Crippen LogP contribution in [0.4, 0.5) is 0 Å². The smallest absolute Gasteiger partial charge is 0.253 e. The molecule has 258 valence electrons. The van der Waals surface area contributed by atoms with Crippen molar-refractivity contribution < 1.29 is 66.4 Å². The maximum atomic E-state index is 11.4. The largest absolute Gasteiger partial charge is 0.382 e. The van der Waals surface area contributed by atoms with Crippen molar-refractivity contribution in [2.24, 2.45) is 0 Å². The molecule has 0 atom stereocenters. The zero-order valence-electron chi connectivity index (χ0n) is 26.3. The van der Waals surface area contributed by atoms with Crippen molar-refractivity contribution in [1.82, 2.24) is 4.90 Å². The minimum atomic E-state index is -0.306. The van der Waals surface area contributed by atoms with Gasteiger partial charge in [-0.05, 0) is 0 Å². The molecule has 2 amide bonds. The summed E-state index contributed by atoms with van der Waals surface area (Å²) in [5.74, 6) is -0.613. The quantitative estimate of drug-likeness (QED) is 0.0655. The van der Waals surface area contributed by atoms with E-state index in [0.717, 1.165) is 4.90 Å². The van der Waals surface area contributed by atoms with Crippen LogP contribution in [-0.2, 0) is 66.4 Å². The minimum Gasteiger partial charge on any atom is -0.382 e. The number of nitrogens with zero attached hydrogens (tertiary/aromatic N) is 1. The van der Waals surface area contributed by atoms with E-state index in [-0.39, 0.29) is 25.0 Å². The second kappa shape index (κ2) is 32.8. The fraction of sp³-hybridized carbons (Fsp3) is 0.862. The Balaban J connectivity index is 1.62. The molecule has 0 aromatic heterocycles. The number of carbonyl (C=O) groups excluding carboxylic acids is 2. The van der Waals surface area contributed by atoms with Crippen LogP contribution in [0.5, 0.6) is 0 Å². The summed E-state index contributed by atoms with van der Waals surface area (Å²) < 4.78 is 64.5. The van der Waals surface area contributed by atoms with Crippen LogP contribution in [0.3, 0.4) is 0 Å².